The molecule has 0 fully saturated rings. The molecule has 0 atom stereocenters. The van der Waals surface area contributed by atoms with Gasteiger partial charge in [-0.05, 0) is 55.4 Å². The molecule has 0 heterocycles. The van der Waals surface area contributed by atoms with Crippen molar-refractivity contribution in [2.75, 3.05) is 0 Å². The van der Waals surface area contributed by atoms with E-state index in [1.165, 1.54) is 0 Å². The highest BCUT2D eigenvalue weighted by atomic mass is 32.1. The molecule has 132 valence electrons. The van der Waals surface area contributed by atoms with Crippen LogP contribution in [0.3, 0.4) is 0 Å². The van der Waals surface area contributed by atoms with E-state index < -0.39 is 11.8 Å². The summed E-state index contributed by atoms with van der Waals surface area (Å²) in [6, 6.07) is 0. The molecule has 0 unspecified atom stereocenters. The van der Waals surface area contributed by atoms with Crippen LogP contribution < -0.4 is 10.9 Å². The SMILES string of the molecule is CC(=S)N(NC(=O)CC(=O)NN(C(C)=S)C(C)(C)C)C(C)(C)C. The topological polar surface area (TPSA) is 64.7 Å². The Labute approximate surface area is 149 Å². The summed E-state index contributed by atoms with van der Waals surface area (Å²) < 4.78 is 0. The van der Waals surface area contributed by atoms with Crippen molar-refractivity contribution in [3.05, 3.63) is 0 Å². The van der Waals surface area contributed by atoms with Crippen LogP contribution in [0.5, 0.6) is 0 Å². The van der Waals surface area contributed by atoms with Crippen LogP contribution in [0, 0.1) is 0 Å². The fraction of sp³-hybridized carbons (Fsp3) is 0.733. The number of amides is 2. The summed E-state index contributed by atoms with van der Waals surface area (Å²) >= 11 is 10.3. The first-order valence-electron chi connectivity index (χ1n) is 7.37. The zero-order valence-electron chi connectivity index (χ0n) is 15.2. The molecule has 0 aliphatic carbocycles. The van der Waals surface area contributed by atoms with Crippen LogP contribution in [-0.4, -0.2) is 42.9 Å². The lowest BCUT2D eigenvalue weighted by Crippen LogP contribution is -2.57. The molecule has 0 aromatic rings. The summed E-state index contributed by atoms with van der Waals surface area (Å²) in [7, 11) is 0. The first kappa shape index (κ1) is 21.7. The van der Waals surface area contributed by atoms with Crippen molar-refractivity contribution in [3.63, 3.8) is 0 Å². The van der Waals surface area contributed by atoms with E-state index in [1.807, 2.05) is 41.5 Å². The molecule has 2 N–H and O–H groups in total. The van der Waals surface area contributed by atoms with Gasteiger partial charge in [0.1, 0.15) is 6.42 Å². The summed E-state index contributed by atoms with van der Waals surface area (Å²) in [6.45, 7) is 14.9. The highest BCUT2D eigenvalue weighted by Crippen LogP contribution is 2.13. The normalized spacial score (nSPS) is 11.5. The van der Waals surface area contributed by atoms with Crippen molar-refractivity contribution in [1.29, 1.82) is 0 Å². The van der Waals surface area contributed by atoms with Crippen LogP contribution in [0.15, 0.2) is 0 Å². The summed E-state index contributed by atoms with van der Waals surface area (Å²) in [4.78, 5) is 25.2. The third-order valence-corrected chi connectivity index (χ3v) is 3.13. The number of rotatable bonds is 2. The van der Waals surface area contributed by atoms with E-state index in [-0.39, 0.29) is 17.5 Å². The second-order valence-corrected chi connectivity index (χ2v) is 8.48. The maximum absolute atomic E-state index is 12.1. The monoisotopic (exact) mass is 360 g/mol. The summed E-state index contributed by atoms with van der Waals surface area (Å²) in [5.41, 5.74) is 4.59. The van der Waals surface area contributed by atoms with E-state index >= 15 is 0 Å². The number of hydrogen-bond acceptors (Lipinski definition) is 4. The molecular weight excluding hydrogens is 332 g/mol. The highest BCUT2D eigenvalue weighted by molar-refractivity contribution is 7.80. The zero-order valence-corrected chi connectivity index (χ0v) is 16.9. The van der Waals surface area contributed by atoms with Gasteiger partial charge >= 0.3 is 0 Å². The molecule has 0 saturated heterocycles. The summed E-state index contributed by atoms with van der Waals surface area (Å²) in [5, 5.41) is 3.15. The van der Waals surface area contributed by atoms with Crippen molar-refractivity contribution >= 4 is 46.2 Å². The molecule has 0 aromatic heterocycles. The van der Waals surface area contributed by atoms with Crippen molar-refractivity contribution < 1.29 is 9.59 Å². The lowest BCUT2D eigenvalue weighted by atomic mass is 10.1. The maximum Gasteiger partial charge on any atom is 0.248 e. The van der Waals surface area contributed by atoms with E-state index in [0.717, 1.165) is 0 Å². The van der Waals surface area contributed by atoms with Gasteiger partial charge in [-0.2, -0.15) is 0 Å². The van der Waals surface area contributed by atoms with E-state index in [9.17, 15) is 9.59 Å². The predicted octanol–water partition coefficient (Wildman–Crippen LogP) is 2.33. The first-order chi connectivity index (χ1) is 10.2. The Morgan fingerprint density at radius 2 is 1.04 bits per heavy atom. The fourth-order valence-electron chi connectivity index (χ4n) is 1.91. The Kier molecular flexibility index (Phi) is 7.56. The van der Waals surface area contributed by atoms with E-state index in [4.69, 9.17) is 24.4 Å². The van der Waals surface area contributed by atoms with Crippen LogP contribution >= 0.6 is 24.4 Å². The number of hydrazine groups is 2. The van der Waals surface area contributed by atoms with Crippen LogP contribution in [0.4, 0.5) is 0 Å². The minimum Gasteiger partial charge on any atom is -0.274 e. The van der Waals surface area contributed by atoms with Crippen LogP contribution in [0.25, 0.3) is 0 Å². The molecule has 0 aliphatic heterocycles. The molecule has 0 radical (unpaired) electrons. The standard InChI is InChI=1S/C15H28N4O2S2/c1-10(22)18(14(3,4)5)16-12(20)9-13(21)17-19(11(2)23)15(6,7)8/h9H2,1-8H3,(H,16,20)(H,17,21). The third-order valence-electron chi connectivity index (χ3n) is 2.77. The van der Waals surface area contributed by atoms with Crippen molar-refractivity contribution in [3.8, 4) is 0 Å². The number of carbonyl (C=O) groups excluding carboxylic acids is 2. The molecule has 2 amide bonds. The Bertz CT molecular complexity index is 449. The van der Waals surface area contributed by atoms with E-state index in [0.29, 0.717) is 9.98 Å². The first-order valence-corrected chi connectivity index (χ1v) is 8.18. The minimum atomic E-state index is -0.433. The van der Waals surface area contributed by atoms with Gasteiger partial charge in [-0.1, -0.05) is 24.4 Å². The van der Waals surface area contributed by atoms with Crippen LogP contribution in [-0.2, 0) is 9.59 Å². The number of thiocarbonyl (C=S) groups is 2. The largest absolute Gasteiger partial charge is 0.274 e. The quantitative estimate of drug-likeness (QED) is 0.448. The second-order valence-electron chi connectivity index (χ2n) is 7.30. The van der Waals surface area contributed by atoms with Gasteiger partial charge in [0.2, 0.25) is 11.8 Å². The number of hydrogen-bond donors (Lipinski definition) is 2. The van der Waals surface area contributed by atoms with E-state index in [1.54, 1.807) is 23.9 Å². The lowest BCUT2D eigenvalue weighted by molar-refractivity contribution is -0.134. The molecule has 0 spiro atoms. The van der Waals surface area contributed by atoms with E-state index in [2.05, 4.69) is 10.9 Å². The Balaban J connectivity index is 4.82. The molecular formula is C15H28N4O2S2. The lowest BCUT2D eigenvalue weighted by Gasteiger charge is -2.37. The molecule has 6 nitrogen and oxygen atoms in total. The molecule has 0 saturated carbocycles. The smallest absolute Gasteiger partial charge is 0.248 e. The van der Waals surface area contributed by atoms with Gasteiger partial charge in [-0.3, -0.25) is 30.5 Å². The maximum atomic E-state index is 12.1. The molecule has 0 aliphatic rings. The van der Waals surface area contributed by atoms with Crippen LogP contribution in [0.1, 0.15) is 61.8 Å². The van der Waals surface area contributed by atoms with Crippen molar-refractivity contribution in [1.82, 2.24) is 20.9 Å². The number of carbonyl (C=O) groups is 2. The Hall–Kier alpha value is -1.28. The molecule has 0 rings (SSSR count). The van der Waals surface area contributed by atoms with Gasteiger partial charge in [0, 0.05) is 0 Å². The average Bonchev–Trinajstić information content (AvgIpc) is 2.29. The number of nitrogens with one attached hydrogen (secondary N) is 2. The summed E-state index contributed by atoms with van der Waals surface area (Å²) in [6.07, 6.45) is -0.315. The molecule has 0 aromatic carbocycles. The molecule has 23 heavy (non-hydrogen) atoms. The predicted molar refractivity (Wildman–Crippen MR) is 101 cm³/mol. The van der Waals surface area contributed by atoms with Crippen molar-refractivity contribution in [2.24, 2.45) is 0 Å². The third kappa shape index (κ3) is 7.69. The Morgan fingerprint density at radius 3 is 1.22 bits per heavy atom. The summed E-state index contributed by atoms with van der Waals surface area (Å²) in [5.74, 6) is -0.866. The average molecular weight is 361 g/mol. The van der Waals surface area contributed by atoms with Gasteiger partial charge in [0.05, 0.1) is 21.1 Å². The second kappa shape index (κ2) is 8.01. The van der Waals surface area contributed by atoms with Gasteiger partial charge in [0.25, 0.3) is 0 Å². The van der Waals surface area contributed by atoms with Gasteiger partial charge < -0.3 is 0 Å². The minimum absolute atomic E-state index is 0.315. The van der Waals surface area contributed by atoms with Crippen LogP contribution in [0.2, 0.25) is 0 Å². The van der Waals surface area contributed by atoms with Gasteiger partial charge in [-0.25, -0.2) is 0 Å². The zero-order chi connectivity index (χ0) is 18.6. The van der Waals surface area contributed by atoms with Gasteiger partial charge in [0.15, 0.2) is 0 Å². The molecule has 0 bridgehead atoms. The highest BCUT2D eigenvalue weighted by Gasteiger charge is 2.27. The Morgan fingerprint density at radius 1 is 0.783 bits per heavy atom. The van der Waals surface area contributed by atoms with Gasteiger partial charge in [-0.15, -0.1) is 0 Å². The van der Waals surface area contributed by atoms with Crippen molar-refractivity contribution in [2.45, 2.75) is 72.9 Å². The number of nitrogens with zero attached hydrogens (tertiary/aromatic N) is 2. The fourth-order valence-corrected chi connectivity index (χ4v) is 2.55. The molecule has 8 heteroatoms.